The fourth-order valence-electron chi connectivity index (χ4n) is 2.87. The highest BCUT2D eigenvalue weighted by molar-refractivity contribution is 7.99. The molecule has 152 valence electrons. The van der Waals surface area contributed by atoms with Crippen molar-refractivity contribution in [3.05, 3.63) is 29.6 Å². The Morgan fingerprint density at radius 2 is 2.10 bits per heavy atom. The SMILES string of the molecule is CC(C)C[C@H](CO)Nc1nc(SC(C)c2cc(C#N)ccn2)nc2nc(N)sc12. The van der Waals surface area contributed by atoms with Gasteiger partial charge in [-0.05, 0) is 31.4 Å². The number of pyridine rings is 1. The molecule has 0 radical (unpaired) electrons. The first-order chi connectivity index (χ1) is 13.9. The number of nitrogens with two attached hydrogens (primary N) is 1. The summed E-state index contributed by atoms with van der Waals surface area (Å²) in [5.41, 5.74) is 7.76. The summed E-state index contributed by atoms with van der Waals surface area (Å²) in [4.78, 5) is 17.9. The predicted octanol–water partition coefficient (Wildman–Crippen LogP) is 3.61. The number of thioether (sulfide) groups is 1. The quantitative estimate of drug-likeness (QED) is 0.362. The van der Waals surface area contributed by atoms with E-state index < -0.39 is 0 Å². The van der Waals surface area contributed by atoms with E-state index in [1.165, 1.54) is 23.1 Å². The molecule has 0 spiro atoms. The van der Waals surface area contributed by atoms with Gasteiger partial charge in [0.25, 0.3) is 0 Å². The van der Waals surface area contributed by atoms with Crippen LogP contribution in [0.3, 0.4) is 0 Å². The van der Waals surface area contributed by atoms with Gasteiger partial charge in [-0.25, -0.2) is 15.0 Å². The van der Waals surface area contributed by atoms with E-state index in [2.05, 4.69) is 45.2 Å². The highest BCUT2D eigenvalue weighted by Gasteiger charge is 2.19. The molecule has 0 aromatic carbocycles. The lowest BCUT2D eigenvalue weighted by atomic mass is 10.0. The van der Waals surface area contributed by atoms with Gasteiger partial charge in [-0.2, -0.15) is 5.26 Å². The first-order valence-corrected chi connectivity index (χ1v) is 10.9. The number of hydrogen-bond donors (Lipinski definition) is 3. The number of rotatable bonds is 8. The first kappa shape index (κ1) is 21.2. The summed E-state index contributed by atoms with van der Waals surface area (Å²) >= 11 is 2.75. The van der Waals surface area contributed by atoms with Gasteiger partial charge in [0.1, 0.15) is 4.70 Å². The van der Waals surface area contributed by atoms with Crippen LogP contribution in [0.1, 0.15) is 43.7 Å². The van der Waals surface area contributed by atoms with Crippen LogP contribution in [0.2, 0.25) is 0 Å². The summed E-state index contributed by atoms with van der Waals surface area (Å²) in [5, 5.41) is 23.1. The normalized spacial score (nSPS) is 13.4. The topological polar surface area (TPSA) is 134 Å². The van der Waals surface area contributed by atoms with E-state index >= 15 is 0 Å². The van der Waals surface area contributed by atoms with Crippen LogP contribution in [0, 0.1) is 17.2 Å². The van der Waals surface area contributed by atoms with E-state index in [4.69, 9.17) is 11.0 Å². The molecule has 0 amide bonds. The Kier molecular flexibility index (Phi) is 6.84. The molecule has 10 heteroatoms. The molecule has 0 fully saturated rings. The van der Waals surface area contributed by atoms with E-state index in [1.807, 2.05) is 6.92 Å². The molecule has 2 atom stereocenters. The number of aliphatic hydroxyl groups is 1. The van der Waals surface area contributed by atoms with Crippen molar-refractivity contribution in [2.24, 2.45) is 5.92 Å². The number of nitrogen functional groups attached to an aromatic ring is 1. The number of anilines is 2. The fraction of sp³-hybridized carbons (Fsp3) is 0.421. The Hall–Kier alpha value is -2.48. The predicted molar refractivity (Wildman–Crippen MR) is 117 cm³/mol. The van der Waals surface area contributed by atoms with Crippen LogP contribution in [-0.2, 0) is 0 Å². The lowest BCUT2D eigenvalue weighted by molar-refractivity contribution is 0.259. The number of thiazole rings is 1. The second kappa shape index (κ2) is 9.35. The summed E-state index contributed by atoms with van der Waals surface area (Å²) < 4.78 is 0.770. The second-order valence-electron chi connectivity index (χ2n) is 7.05. The molecule has 3 aromatic rings. The Balaban J connectivity index is 1.91. The van der Waals surface area contributed by atoms with Crippen LogP contribution in [0.15, 0.2) is 23.5 Å². The number of nitrogens with one attached hydrogen (secondary N) is 1. The number of nitrogens with zero attached hydrogens (tertiary/aromatic N) is 5. The van der Waals surface area contributed by atoms with Crippen LogP contribution < -0.4 is 11.1 Å². The average Bonchev–Trinajstić information content (AvgIpc) is 3.07. The summed E-state index contributed by atoms with van der Waals surface area (Å²) in [5.74, 6) is 1.05. The molecule has 0 aliphatic carbocycles. The molecular formula is C19H23N7OS2. The molecule has 29 heavy (non-hydrogen) atoms. The smallest absolute Gasteiger partial charge is 0.192 e. The number of hydrogen-bond acceptors (Lipinski definition) is 10. The first-order valence-electron chi connectivity index (χ1n) is 9.23. The minimum Gasteiger partial charge on any atom is -0.394 e. The highest BCUT2D eigenvalue weighted by Crippen LogP contribution is 2.36. The monoisotopic (exact) mass is 429 g/mol. The maximum atomic E-state index is 9.74. The van der Waals surface area contributed by atoms with Crippen molar-refractivity contribution in [2.75, 3.05) is 17.7 Å². The van der Waals surface area contributed by atoms with Crippen molar-refractivity contribution in [3.63, 3.8) is 0 Å². The Bertz CT molecular complexity index is 1030. The molecule has 0 aliphatic heterocycles. The van der Waals surface area contributed by atoms with Gasteiger partial charge in [0, 0.05) is 6.20 Å². The molecule has 3 heterocycles. The molecule has 3 aromatic heterocycles. The van der Waals surface area contributed by atoms with Gasteiger partial charge < -0.3 is 16.2 Å². The summed E-state index contributed by atoms with van der Waals surface area (Å²) in [6.07, 6.45) is 2.43. The molecule has 0 saturated carbocycles. The van der Waals surface area contributed by atoms with Gasteiger partial charge in [0.15, 0.2) is 21.8 Å². The standard InChI is InChI=1S/C19H23N7OS2/c1-10(2)6-13(9-27)23-16-15-17(24-18(21)29-15)26-19(25-16)28-11(3)14-7-12(8-20)4-5-22-14/h4-5,7,10-11,13,27H,6,9H2,1-3H3,(H3,21,23,24,25,26)/t11?,13-/m1/s1. The minimum atomic E-state index is -0.124. The Morgan fingerprint density at radius 3 is 2.79 bits per heavy atom. The van der Waals surface area contributed by atoms with E-state index in [0.29, 0.717) is 33.2 Å². The zero-order valence-electron chi connectivity index (χ0n) is 16.5. The van der Waals surface area contributed by atoms with Crippen molar-refractivity contribution in [2.45, 2.75) is 43.6 Å². The molecule has 3 rings (SSSR count). The molecular weight excluding hydrogens is 406 g/mol. The molecule has 1 unspecified atom stereocenters. The number of fused-ring (bicyclic) bond motifs is 1. The molecule has 0 aliphatic rings. The zero-order valence-corrected chi connectivity index (χ0v) is 18.1. The maximum Gasteiger partial charge on any atom is 0.192 e. The van der Waals surface area contributed by atoms with Crippen molar-refractivity contribution in [1.82, 2.24) is 19.9 Å². The Labute approximate surface area is 177 Å². The van der Waals surface area contributed by atoms with Gasteiger partial charge in [0.2, 0.25) is 0 Å². The van der Waals surface area contributed by atoms with Gasteiger partial charge in [0.05, 0.1) is 35.2 Å². The van der Waals surface area contributed by atoms with Gasteiger partial charge in [-0.3, -0.25) is 4.98 Å². The number of nitriles is 1. The third-order valence-electron chi connectivity index (χ3n) is 4.18. The number of aliphatic hydroxyl groups excluding tert-OH is 1. The summed E-state index contributed by atoms with van der Waals surface area (Å²) in [7, 11) is 0. The molecule has 0 saturated heterocycles. The van der Waals surface area contributed by atoms with Crippen LogP contribution in [-0.4, -0.2) is 37.7 Å². The van der Waals surface area contributed by atoms with E-state index in [0.717, 1.165) is 16.8 Å². The lowest BCUT2D eigenvalue weighted by Crippen LogP contribution is -2.26. The molecule has 8 nitrogen and oxygen atoms in total. The van der Waals surface area contributed by atoms with Gasteiger partial charge in [-0.1, -0.05) is 36.9 Å². The zero-order chi connectivity index (χ0) is 21.0. The lowest BCUT2D eigenvalue weighted by Gasteiger charge is -2.19. The molecule has 0 bridgehead atoms. The van der Waals surface area contributed by atoms with Crippen molar-refractivity contribution >= 4 is 44.4 Å². The summed E-state index contributed by atoms with van der Waals surface area (Å²) in [6.45, 7) is 6.20. The van der Waals surface area contributed by atoms with Crippen molar-refractivity contribution < 1.29 is 5.11 Å². The highest BCUT2D eigenvalue weighted by atomic mass is 32.2. The largest absolute Gasteiger partial charge is 0.394 e. The fourth-order valence-corrected chi connectivity index (χ4v) is 4.45. The summed E-state index contributed by atoms with van der Waals surface area (Å²) in [6, 6.07) is 5.44. The van der Waals surface area contributed by atoms with Crippen LogP contribution in [0.25, 0.3) is 10.3 Å². The van der Waals surface area contributed by atoms with E-state index in [9.17, 15) is 5.11 Å². The average molecular weight is 430 g/mol. The van der Waals surface area contributed by atoms with Crippen LogP contribution in [0.4, 0.5) is 10.9 Å². The van der Waals surface area contributed by atoms with E-state index in [1.54, 1.807) is 18.3 Å². The van der Waals surface area contributed by atoms with Crippen molar-refractivity contribution in [3.8, 4) is 6.07 Å². The Morgan fingerprint density at radius 1 is 1.31 bits per heavy atom. The second-order valence-corrected chi connectivity index (χ2v) is 9.39. The minimum absolute atomic E-state index is 0.00170. The van der Waals surface area contributed by atoms with E-state index in [-0.39, 0.29) is 17.9 Å². The van der Waals surface area contributed by atoms with Crippen molar-refractivity contribution in [1.29, 1.82) is 5.26 Å². The molecule has 4 N–H and O–H groups in total. The van der Waals surface area contributed by atoms with Gasteiger partial charge in [-0.15, -0.1) is 0 Å². The van der Waals surface area contributed by atoms with Crippen LogP contribution >= 0.6 is 23.1 Å². The maximum absolute atomic E-state index is 9.74. The third kappa shape index (κ3) is 5.32. The van der Waals surface area contributed by atoms with Crippen LogP contribution in [0.5, 0.6) is 0 Å². The third-order valence-corrected chi connectivity index (χ3v) is 6.04. The van der Waals surface area contributed by atoms with Gasteiger partial charge >= 0.3 is 0 Å². The number of aromatic nitrogens is 4.